The van der Waals surface area contributed by atoms with Crippen LogP contribution in [0.15, 0.2) is 36.4 Å². The number of nitrogens with one attached hydrogen (secondary N) is 2. The van der Waals surface area contributed by atoms with E-state index in [9.17, 15) is 5.11 Å². The molecule has 0 aromatic heterocycles. The molecule has 0 fully saturated rings. The van der Waals surface area contributed by atoms with Crippen LogP contribution in [-0.2, 0) is 4.74 Å². The Morgan fingerprint density at radius 3 is 2.75 bits per heavy atom. The number of phenolic OH excluding ortho intramolecular Hbond substituents is 1. The summed E-state index contributed by atoms with van der Waals surface area (Å²) in [6, 6.07) is 11.1. The first-order valence-corrected chi connectivity index (χ1v) is 6.87. The van der Waals surface area contributed by atoms with Gasteiger partial charge in [-0.2, -0.15) is 0 Å². The number of methoxy groups -OCH3 is 1. The van der Waals surface area contributed by atoms with Crippen molar-refractivity contribution in [3.63, 3.8) is 0 Å². The Labute approximate surface area is 123 Å². The van der Waals surface area contributed by atoms with Crippen LogP contribution in [0, 0.1) is 0 Å². The lowest BCUT2D eigenvalue weighted by molar-refractivity contribution is 0.196. The third kappa shape index (κ3) is 3.59. The Kier molecular flexibility index (Phi) is 5.15. The van der Waals surface area contributed by atoms with Crippen molar-refractivity contribution in [3.8, 4) is 5.75 Å². The maximum atomic E-state index is 9.84. The lowest BCUT2D eigenvalue weighted by Gasteiger charge is -2.12. The lowest BCUT2D eigenvalue weighted by atomic mass is 10.1. The molecule has 2 rings (SSSR count). The Bertz CT molecular complexity index is 601. The van der Waals surface area contributed by atoms with Crippen molar-refractivity contribution in [3.05, 3.63) is 36.4 Å². The minimum absolute atomic E-state index is 0.269. The Balaban J connectivity index is 2.06. The van der Waals surface area contributed by atoms with Crippen molar-refractivity contribution < 1.29 is 9.84 Å². The topological polar surface area (TPSA) is 53.5 Å². The predicted octanol–water partition coefficient (Wildman–Crippen LogP) is 2.87. The zero-order valence-electron chi connectivity index (χ0n) is 11.3. The average Bonchev–Trinajstić information content (AvgIpc) is 2.45. The van der Waals surface area contributed by atoms with Crippen LogP contribution in [0.1, 0.15) is 6.42 Å². The second-order valence-corrected chi connectivity index (χ2v) is 4.81. The summed E-state index contributed by atoms with van der Waals surface area (Å²) < 4.78 is 4.98. The minimum Gasteiger partial charge on any atom is -0.507 e. The van der Waals surface area contributed by atoms with Gasteiger partial charge in [0, 0.05) is 36.7 Å². The summed E-state index contributed by atoms with van der Waals surface area (Å²) in [5.74, 6) is 0.269. The Hall–Kier alpha value is -1.85. The monoisotopic (exact) mass is 290 g/mol. The highest BCUT2D eigenvalue weighted by Crippen LogP contribution is 2.29. The third-order valence-corrected chi connectivity index (χ3v) is 3.20. The molecule has 0 radical (unpaired) electrons. The van der Waals surface area contributed by atoms with Gasteiger partial charge in [-0.3, -0.25) is 0 Å². The van der Waals surface area contributed by atoms with E-state index in [1.165, 1.54) is 0 Å². The van der Waals surface area contributed by atoms with Crippen LogP contribution in [0.4, 0.5) is 5.69 Å². The molecular weight excluding hydrogens is 272 g/mol. The van der Waals surface area contributed by atoms with E-state index in [1.807, 2.05) is 30.3 Å². The molecule has 0 heterocycles. The zero-order valence-corrected chi connectivity index (χ0v) is 12.2. The average molecular weight is 290 g/mol. The molecule has 0 spiro atoms. The van der Waals surface area contributed by atoms with Gasteiger partial charge in [-0.15, -0.1) is 0 Å². The Morgan fingerprint density at radius 2 is 1.95 bits per heavy atom. The zero-order chi connectivity index (χ0) is 14.4. The van der Waals surface area contributed by atoms with Crippen LogP contribution < -0.4 is 10.6 Å². The smallest absolute Gasteiger partial charge is 0.170 e. The van der Waals surface area contributed by atoms with E-state index in [1.54, 1.807) is 13.2 Å². The van der Waals surface area contributed by atoms with E-state index >= 15 is 0 Å². The van der Waals surface area contributed by atoms with Crippen molar-refractivity contribution in [1.82, 2.24) is 5.32 Å². The molecular formula is C15H18N2O2S. The van der Waals surface area contributed by atoms with Gasteiger partial charge in [-0.05, 0) is 30.8 Å². The molecule has 0 bridgehead atoms. The molecule has 0 aliphatic rings. The van der Waals surface area contributed by atoms with Crippen molar-refractivity contribution >= 4 is 33.8 Å². The quantitative estimate of drug-likeness (QED) is 0.584. The number of rotatable bonds is 5. The van der Waals surface area contributed by atoms with Crippen molar-refractivity contribution in [1.29, 1.82) is 0 Å². The normalized spacial score (nSPS) is 10.4. The second kappa shape index (κ2) is 7.07. The van der Waals surface area contributed by atoms with Crippen LogP contribution >= 0.6 is 12.2 Å². The van der Waals surface area contributed by atoms with E-state index < -0.39 is 0 Å². The van der Waals surface area contributed by atoms with Crippen molar-refractivity contribution in [2.24, 2.45) is 0 Å². The summed E-state index contributed by atoms with van der Waals surface area (Å²) in [6.45, 7) is 1.47. The van der Waals surface area contributed by atoms with Crippen LogP contribution in [-0.4, -0.2) is 30.5 Å². The van der Waals surface area contributed by atoms with Gasteiger partial charge in [-0.25, -0.2) is 0 Å². The number of hydrogen-bond donors (Lipinski definition) is 3. The molecule has 2 aromatic rings. The third-order valence-electron chi connectivity index (χ3n) is 2.96. The molecule has 0 amide bonds. The minimum atomic E-state index is 0.269. The van der Waals surface area contributed by atoms with E-state index in [0.717, 1.165) is 29.4 Å². The molecule has 3 N–H and O–H groups in total. The highest BCUT2D eigenvalue weighted by molar-refractivity contribution is 7.80. The van der Waals surface area contributed by atoms with Crippen LogP contribution in [0.3, 0.4) is 0 Å². The number of benzene rings is 2. The molecule has 0 aliphatic heterocycles. The summed E-state index contributed by atoms with van der Waals surface area (Å²) in [7, 11) is 1.68. The summed E-state index contributed by atoms with van der Waals surface area (Å²) in [6.07, 6.45) is 0.897. The molecule has 0 unspecified atom stereocenters. The first-order valence-electron chi connectivity index (χ1n) is 6.47. The molecule has 0 saturated heterocycles. The van der Waals surface area contributed by atoms with Gasteiger partial charge in [0.2, 0.25) is 0 Å². The fraction of sp³-hybridized carbons (Fsp3) is 0.267. The van der Waals surface area contributed by atoms with E-state index in [2.05, 4.69) is 10.6 Å². The maximum absolute atomic E-state index is 9.84. The first-order chi connectivity index (χ1) is 9.72. The number of phenols is 1. The molecule has 4 nitrogen and oxygen atoms in total. The number of ether oxygens (including phenoxy) is 1. The summed E-state index contributed by atoms with van der Waals surface area (Å²) in [5.41, 5.74) is 0.877. The predicted molar refractivity (Wildman–Crippen MR) is 86.3 cm³/mol. The van der Waals surface area contributed by atoms with E-state index in [-0.39, 0.29) is 5.75 Å². The van der Waals surface area contributed by atoms with Crippen LogP contribution in [0.2, 0.25) is 0 Å². The molecule has 0 aliphatic carbocycles. The van der Waals surface area contributed by atoms with Gasteiger partial charge in [0.05, 0.1) is 0 Å². The van der Waals surface area contributed by atoms with Crippen LogP contribution in [0.5, 0.6) is 5.75 Å². The summed E-state index contributed by atoms with van der Waals surface area (Å²) >= 11 is 5.26. The largest absolute Gasteiger partial charge is 0.507 e. The molecule has 0 saturated carbocycles. The van der Waals surface area contributed by atoms with E-state index in [0.29, 0.717) is 11.7 Å². The number of anilines is 1. The lowest BCUT2D eigenvalue weighted by Crippen LogP contribution is -2.29. The highest BCUT2D eigenvalue weighted by Gasteiger charge is 2.05. The van der Waals surface area contributed by atoms with Gasteiger partial charge in [0.1, 0.15) is 5.75 Å². The number of thiocarbonyl (C=S) groups is 1. The van der Waals surface area contributed by atoms with Gasteiger partial charge in [-0.1, -0.05) is 24.3 Å². The van der Waals surface area contributed by atoms with Gasteiger partial charge in [0.15, 0.2) is 5.11 Å². The van der Waals surface area contributed by atoms with Crippen molar-refractivity contribution in [2.75, 3.05) is 25.6 Å². The maximum Gasteiger partial charge on any atom is 0.170 e. The molecule has 5 heteroatoms. The highest BCUT2D eigenvalue weighted by atomic mass is 32.1. The fourth-order valence-electron chi connectivity index (χ4n) is 1.99. The van der Waals surface area contributed by atoms with Crippen molar-refractivity contribution in [2.45, 2.75) is 6.42 Å². The van der Waals surface area contributed by atoms with Gasteiger partial charge >= 0.3 is 0 Å². The number of aromatic hydroxyl groups is 1. The fourth-order valence-corrected chi connectivity index (χ4v) is 2.20. The van der Waals surface area contributed by atoms with Crippen LogP contribution in [0.25, 0.3) is 10.8 Å². The molecule has 20 heavy (non-hydrogen) atoms. The SMILES string of the molecule is COCCCNC(=S)Nc1cccc2c(O)cccc12. The second-order valence-electron chi connectivity index (χ2n) is 4.41. The number of hydrogen-bond acceptors (Lipinski definition) is 3. The van der Waals surface area contributed by atoms with E-state index in [4.69, 9.17) is 17.0 Å². The molecule has 106 valence electrons. The van der Waals surface area contributed by atoms with Gasteiger partial charge < -0.3 is 20.5 Å². The standard InChI is InChI=1S/C15H18N2O2S/c1-19-10-4-9-16-15(20)17-13-7-2-6-12-11(13)5-3-8-14(12)18/h2-3,5-8,18H,4,9-10H2,1H3,(H2,16,17,20). The molecule has 2 aromatic carbocycles. The Morgan fingerprint density at radius 1 is 1.20 bits per heavy atom. The molecule has 0 atom stereocenters. The summed E-state index contributed by atoms with van der Waals surface area (Å²) in [4.78, 5) is 0. The first kappa shape index (κ1) is 14.6. The summed E-state index contributed by atoms with van der Waals surface area (Å²) in [5, 5.41) is 18.4. The van der Waals surface area contributed by atoms with Gasteiger partial charge in [0.25, 0.3) is 0 Å². The number of fused-ring (bicyclic) bond motifs is 1.